The Morgan fingerprint density at radius 1 is 1.14 bits per heavy atom. The molecule has 0 radical (unpaired) electrons. The highest BCUT2D eigenvalue weighted by Crippen LogP contribution is 2.28. The number of fused-ring (bicyclic) bond motifs is 1. The predicted molar refractivity (Wildman–Crippen MR) is 105 cm³/mol. The van der Waals surface area contributed by atoms with Gasteiger partial charge >= 0.3 is 0 Å². The van der Waals surface area contributed by atoms with Gasteiger partial charge in [0.2, 0.25) is 0 Å². The fraction of sp³-hybridized carbons (Fsp3) is 0.200. The van der Waals surface area contributed by atoms with Crippen molar-refractivity contribution in [2.24, 2.45) is 0 Å². The van der Waals surface area contributed by atoms with Crippen molar-refractivity contribution in [1.82, 2.24) is 14.9 Å². The van der Waals surface area contributed by atoms with Crippen molar-refractivity contribution in [3.05, 3.63) is 71.0 Å². The molecule has 2 aromatic heterocycles. The molecule has 0 spiro atoms. The molecule has 2 amide bonds. The summed E-state index contributed by atoms with van der Waals surface area (Å²) in [6.07, 6.45) is 2.23. The SMILES string of the molecule is O=C(Nc1nc2c(s1)CN(C(=O)COc1ccccc1)CC2)c1ccccn1. The van der Waals surface area contributed by atoms with E-state index in [9.17, 15) is 9.59 Å². The van der Waals surface area contributed by atoms with Crippen molar-refractivity contribution >= 4 is 28.3 Å². The molecule has 0 saturated heterocycles. The fourth-order valence-electron chi connectivity index (χ4n) is 2.87. The van der Waals surface area contributed by atoms with Crippen LogP contribution in [0.1, 0.15) is 21.1 Å². The van der Waals surface area contributed by atoms with E-state index >= 15 is 0 Å². The van der Waals surface area contributed by atoms with Gasteiger partial charge < -0.3 is 9.64 Å². The summed E-state index contributed by atoms with van der Waals surface area (Å²) in [5, 5.41) is 3.31. The maximum atomic E-state index is 12.5. The van der Waals surface area contributed by atoms with Crippen molar-refractivity contribution in [3.8, 4) is 5.75 Å². The van der Waals surface area contributed by atoms with Crippen LogP contribution in [-0.4, -0.2) is 39.8 Å². The number of para-hydroxylation sites is 1. The minimum atomic E-state index is -0.295. The molecule has 3 heterocycles. The Morgan fingerprint density at radius 3 is 2.75 bits per heavy atom. The number of nitrogens with zero attached hydrogens (tertiary/aromatic N) is 3. The molecule has 7 nitrogen and oxygen atoms in total. The van der Waals surface area contributed by atoms with E-state index in [0.29, 0.717) is 36.1 Å². The Kier molecular flexibility index (Phi) is 5.29. The molecular formula is C20H18N4O3S. The lowest BCUT2D eigenvalue weighted by Gasteiger charge is -2.26. The van der Waals surface area contributed by atoms with Gasteiger partial charge in [0, 0.05) is 24.0 Å². The maximum absolute atomic E-state index is 12.5. The van der Waals surface area contributed by atoms with E-state index in [1.165, 1.54) is 11.3 Å². The van der Waals surface area contributed by atoms with Crippen LogP contribution in [0.4, 0.5) is 5.13 Å². The molecule has 0 saturated carbocycles. The van der Waals surface area contributed by atoms with E-state index < -0.39 is 0 Å². The van der Waals surface area contributed by atoms with Gasteiger partial charge in [-0.2, -0.15) is 0 Å². The Bertz CT molecular complexity index is 976. The molecule has 4 rings (SSSR count). The molecule has 1 aliphatic heterocycles. The second-order valence-corrected chi connectivity index (χ2v) is 7.31. The van der Waals surface area contributed by atoms with Crippen LogP contribution in [0.3, 0.4) is 0 Å². The second-order valence-electron chi connectivity index (χ2n) is 6.23. The zero-order valence-electron chi connectivity index (χ0n) is 15.0. The number of carbonyl (C=O) groups excluding carboxylic acids is 2. The number of ether oxygens (including phenoxy) is 1. The Balaban J connectivity index is 1.36. The smallest absolute Gasteiger partial charge is 0.276 e. The third-order valence-corrected chi connectivity index (χ3v) is 5.31. The first-order valence-corrected chi connectivity index (χ1v) is 9.67. The van der Waals surface area contributed by atoms with Crippen LogP contribution in [0.25, 0.3) is 0 Å². The third kappa shape index (κ3) is 4.17. The number of thiazole rings is 1. The first-order chi connectivity index (χ1) is 13.7. The molecule has 0 fully saturated rings. The van der Waals surface area contributed by atoms with Gasteiger partial charge in [0.25, 0.3) is 11.8 Å². The predicted octanol–water partition coefficient (Wildman–Crippen LogP) is 2.75. The van der Waals surface area contributed by atoms with Gasteiger partial charge in [-0.05, 0) is 24.3 Å². The molecule has 1 aliphatic rings. The van der Waals surface area contributed by atoms with Gasteiger partial charge in [0.15, 0.2) is 11.7 Å². The molecule has 8 heteroatoms. The normalized spacial score (nSPS) is 12.9. The van der Waals surface area contributed by atoms with Crippen LogP contribution in [0, 0.1) is 0 Å². The first kappa shape index (κ1) is 18.1. The number of nitrogens with one attached hydrogen (secondary N) is 1. The minimum absolute atomic E-state index is 0.00141. The highest BCUT2D eigenvalue weighted by molar-refractivity contribution is 7.15. The van der Waals surface area contributed by atoms with Crippen molar-refractivity contribution in [2.45, 2.75) is 13.0 Å². The summed E-state index contributed by atoms with van der Waals surface area (Å²) >= 11 is 1.39. The van der Waals surface area contributed by atoms with E-state index in [0.717, 1.165) is 10.6 Å². The minimum Gasteiger partial charge on any atom is -0.484 e. The van der Waals surface area contributed by atoms with Crippen molar-refractivity contribution in [2.75, 3.05) is 18.5 Å². The van der Waals surface area contributed by atoms with Crippen molar-refractivity contribution in [1.29, 1.82) is 0 Å². The zero-order chi connectivity index (χ0) is 19.3. The van der Waals surface area contributed by atoms with Crippen LogP contribution < -0.4 is 10.1 Å². The van der Waals surface area contributed by atoms with Crippen LogP contribution in [0.15, 0.2) is 54.7 Å². The Hall–Kier alpha value is -3.26. The lowest BCUT2D eigenvalue weighted by Crippen LogP contribution is -2.38. The number of hydrogen-bond donors (Lipinski definition) is 1. The van der Waals surface area contributed by atoms with Gasteiger partial charge in [-0.15, -0.1) is 0 Å². The van der Waals surface area contributed by atoms with Crippen molar-refractivity contribution < 1.29 is 14.3 Å². The number of amides is 2. The summed E-state index contributed by atoms with van der Waals surface area (Å²) in [5.74, 6) is 0.309. The standard InChI is InChI=1S/C20H18N4O3S/c25-18(13-27-14-6-2-1-3-7-14)24-11-9-15-17(12-24)28-20(22-15)23-19(26)16-8-4-5-10-21-16/h1-8,10H,9,11-13H2,(H,22,23,26). The average molecular weight is 394 g/mol. The number of anilines is 1. The molecule has 28 heavy (non-hydrogen) atoms. The monoisotopic (exact) mass is 394 g/mol. The summed E-state index contributed by atoms with van der Waals surface area (Å²) in [4.78, 5) is 36.0. The maximum Gasteiger partial charge on any atom is 0.276 e. The van der Waals surface area contributed by atoms with Gasteiger partial charge in [-0.1, -0.05) is 35.6 Å². The number of hydrogen-bond acceptors (Lipinski definition) is 6. The molecule has 0 aliphatic carbocycles. The Morgan fingerprint density at radius 2 is 1.96 bits per heavy atom. The van der Waals surface area contributed by atoms with Crippen LogP contribution >= 0.6 is 11.3 Å². The molecule has 1 aromatic carbocycles. The number of benzene rings is 1. The third-order valence-electron chi connectivity index (χ3n) is 4.31. The zero-order valence-corrected chi connectivity index (χ0v) is 15.8. The van der Waals surface area contributed by atoms with Crippen LogP contribution in [0.5, 0.6) is 5.75 Å². The quantitative estimate of drug-likeness (QED) is 0.719. The van der Waals surface area contributed by atoms with Crippen LogP contribution in [0.2, 0.25) is 0 Å². The summed E-state index contributed by atoms with van der Waals surface area (Å²) in [6.45, 7) is 1.06. The molecule has 0 unspecified atom stereocenters. The molecular weight excluding hydrogens is 376 g/mol. The number of rotatable bonds is 5. The number of aromatic nitrogens is 2. The molecule has 3 aromatic rings. The van der Waals surface area contributed by atoms with E-state index in [1.54, 1.807) is 29.3 Å². The lowest BCUT2D eigenvalue weighted by molar-refractivity contribution is -0.134. The Labute approximate surface area is 166 Å². The molecule has 142 valence electrons. The second kappa shape index (κ2) is 8.18. The fourth-order valence-corrected chi connectivity index (χ4v) is 3.89. The van der Waals surface area contributed by atoms with Gasteiger partial charge in [-0.25, -0.2) is 4.98 Å². The van der Waals surface area contributed by atoms with Crippen LogP contribution in [-0.2, 0) is 17.8 Å². The van der Waals surface area contributed by atoms with E-state index in [1.807, 2.05) is 30.3 Å². The van der Waals surface area contributed by atoms with Crippen molar-refractivity contribution in [3.63, 3.8) is 0 Å². The van der Waals surface area contributed by atoms with E-state index in [2.05, 4.69) is 15.3 Å². The van der Waals surface area contributed by atoms with Gasteiger partial charge in [0.05, 0.1) is 12.2 Å². The number of pyridine rings is 1. The van der Waals surface area contributed by atoms with E-state index in [4.69, 9.17) is 4.74 Å². The van der Waals surface area contributed by atoms with Gasteiger partial charge in [0.1, 0.15) is 11.4 Å². The highest BCUT2D eigenvalue weighted by atomic mass is 32.1. The summed E-state index contributed by atoms with van der Waals surface area (Å²) in [7, 11) is 0. The summed E-state index contributed by atoms with van der Waals surface area (Å²) in [5.41, 5.74) is 1.26. The molecule has 1 N–H and O–H groups in total. The molecule has 0 bridgehead atoms. The molecule has 0 atom stereocenters. The largest absolute Gasteiger partial charge is 0.484 e. The summed E-state index contributed by atoms with van der Waals surface area (Å²) in [6, 6.07) is 14.4. The summed E-state index contributed by atoms with van der Waals surface area (Å²) < 4.78 is 5.55. The average Bonchev–Trinajstić information content (AvgIpc) is 3.14. The highest BCUT2D eigenvalue weighted by Gasteiger charge is 2.25. The first-order valence-electron chi connectivity index (χ1n) is 8.85. The topological polar surface area (TPSA) is 84.4 Å². The van der Waals surface area contributed by atoms with E-state index in [-0.39, 0.29) is 18.4 Å². The lowest BCUT2D eigenvalue weighted by atomic mass is 10.2. The number of carbonyl (C=O) groups is 2. The van der Waals surface area contributed by atoms with Gasteiger partial charge in [-0.3, -0.25) is 19.9 Å².